The molecule has 3 nitrogen and oxygen atoms in total. The van der Waals surface area contributed by atoms with Crippen LogP contribution in [0.2, 0.25) is 0 Å². The monoisotopic (exact) mass is 382 g/mol. The summed E-state index contributed by atoms with van der Waals surface area (Å²) < 4.78 is 1.86. The maximum Gasteiger partial charge on any atom is 0.254 e. The minimum absolute atomic E-state index is 0.00569. The van der Waals surface area contributed by atoms with Gasteiger partial charge in [-0.25, -0.2) is 0 Å². The zero-order valence-electron chi connectivity index (χ0n) is 8.34. The number of carbonyl (C=O) groups excluding carboxylic acids is 1. The van der Waals surface area contributed by atoms with Gasteiger partial charge in [-0.15, -0.1) is 0 Å². The number of nitrogens with two attached hydrogens (primary N) is 1. The van der Waals surface area contributed by atoms with Gasteiger partial charge in [0.1, 0.15) is 0 Å². The van der Waals surface area contributed by atoms with E-state index in [2.05, 4.69) is 38.5 Å². The predicted molar refractivity (Wildman–Crippen MR) is 72.9 cm³/mol. The van der Waals surface area contributed by atoms with E-state index in [4.69, 9.17) is 5.73 Å². The molecule has 1 amide bonds. The van der Waals surface area contributed by atoms with Gasteiger partial charge in [-0.1, -0.05) is 15.9 Å². The van der Waals surface area contributed by atoms with Crippen LogP contribution in [0.15, 0.2) is 22.7 Å². The molecular weight excluding hydrogens is 371 g/mol. The second-order valence-corrected chi connectivity index (χ2v) is 5.22. The maximum absolute atomic E-state index is 12.0. The first-order valence-corrected chi connectivity index (χ1v) is 6.34. The van der Waals surface area contributed by atoms with Crippen LogP contribution in [0, 0.1) is 3.57 Å². The molecule has 0 unspecified atom stereocenters. The molecule has 2 N–H and O–H groups in total. The third-order valence-electron chi connectivity index (χ3n) is 1.97. The van der Waals surface area contributed by atoms with Crippen molar-refractivity contribution < 1.29 is 4.79 Å². The Kier molecular flexibility index (Phi) is 5.01. The van der Waals surface area contributed by atoms with Crippen molar-refractivity contribution in [1.82, 2.24) is 4.90 Å². The largest absolute Gasteiger partial charge is 0.340 e. The first-order chi connectivity index (χ1) is 7.06. The van der Waals surface area contributed by atoms with Crippen molar-refractivity contribution in [3.63, 3.8) is 0 Å². The lowest BCUT2D eigenvalue weighted by Gasteiger charge is -2.16. The zero-order valence-corrected chi connectivity index (χ0v) is 12.1. The van der Waals surface area contributed by atoms with Gasteiger partial charge < -0.3 is 10.6 Å². The average molecular weight is 383 g/mol. The number of nitrogens with zero attached hydrogens (tertiary/aromatic N) is 1. The fourth-order valence-corrected chi connectivity index (χ4v) is 2.09. The lowest BCUT2D eigenvalue weighted by Crippen LogP contribution is -2.32. The van der Waals surface area contributed by atoms with Gasteiger partial charge in [0.05, 0.1) is 5.56 Å². The highest BCUT2D eigenvalue weighted by molar-refractivity contribution is 14.1. The van der Waals surface area contributed by atoms with Crippen LogP contribution in [-0.4, -0.2) is 30.9 Å². The minimum Gasteiger partial charge on any atom is -0.340 e. The van der Waals surface area contributed by atoms with Gasteiger partial charge in [-0.05, 0) is 40.8 Å². The fraction of sp³-hybridized carbons (Fsp3) is 0.300. The molecule has 0 aliphatic carbocycles. The highest BCUT2D eigenvalue weighted by Gasteiger charge is 2.14. The molecule has 0 heterocycles. The molecule has 0 saturated heterocycles. The van der Waals surface area contributed by atoms with Crippen LogP contribution in [0.1, 0.15) is 10.4 Å². The van der Waals surface area contributed by atoms with Crippen molar-refractivity contribution in [3.8, 4) is 0 Å². The van der Waals surface area contributed by atoms with Crippen molar-refractivity contribution in [1.29, 1.82) is 0 Å². The summed E-state index contributed by atoms with van der Waals surface area (Å²) >= 11 is 5.51. The number of rotatable bonds is 3. The van der Waals surface area contributed by atoms with Crippen LogP contribution in [0.5, 0.6) is 0 Å². The second kappa shape index (κ2) is 5.81. The molecular formula is C10H12BrIN2O. The van der Waals surface area contributed by atoms with Crippen LogP contribution >= 0.6 is 38.5 Å². The lowest BCUT2D eigenvalue weighted by atomic mass is 10.2. The summed E-state index contributed by atoms with van der Waals surface area (Å²) in [7, 11) is 1.76. The van der Waals surface area contributed by atoms with Gasteiger partial charge in [0.15, 0.2) is 0 Å². The summed E-state index contributed by atoms with van der Waals surface area (Å²) in [6.45, 7) is 1.05. The molecule has 0 spiro atoms. The van der Waals surface area contributed by atoms with E-state index in [1.54, 1.807) is 11.9 Å². The molecule has 1 rings (SSSR count). The molecule has 5 heteroatoms. The van der Waals surface area contributed by atoms with E-state index in [1.807, 2.05) is 18.2 Å². The molecule has 15 heavy (non-hydrogen) atoms. The van der Waals surface area contributed by atoms with Crippen molar-refractivity contribution in [3.05, 3.63) is 31.8 Å². The Morgan fingerprint density at radius 3 is 2.87 bits per heavy atom. The SMILES string of the molecule is CN(CCN)C(=O)c1cc(Br)ccc1I. The molecule has 0 saturated carbocycles. The standard InChI is InChI=1S/C10H12BrIN2O/c1-14(5-4-13)10(15)8-6-7(11)2-3-9(8)12/h2-3,6H,4-5,13H2,1H3. The predicted octanol–water partition coefficient (Wildman–Crippen LogP) is 2.08. The summed E-state index contributed by atoms with van der Waals surface area (Å²) in [5.41, 5.74) is 6.12. The summed E-state index contributed by atoms with van der Waals surface area (Å²) in [6.07, 6.45) is 0. The third kappa shape index (κ3) is 3.42. The fourth-order valence-electron chi connectivity index (χ4n) is 1.16. The van der Waals surface area contributed by atoms with E-state index in [0.29, 0.717) is 18.7 Å². The Balaban J connectivity index is 2.95. The third-order valence-corrected chi connectivity index (χ3v) is 3.40. The van der Waals surface area contributed by atoms with Gasteiger partial charge >= 0.3 is 0 Å². The van der Waals surface area contributed by atoms with Gasteiger partial charge in [0, 0.05) is 28.2 Å². The molecule has 82 valence electrons. The van der Waals surface area contributed by atoms with Crippen LogP contribution in [0.3, 0.4) is 0 Å². The molecule has 0 radical (unpaired) electrons. The maximum atomic E-state index is 12.0. The lowest BCUT2D eigenvalue weighted by molar-refractivity contribution is 0.0798. The van der Waals surface area contributed by atoms with E-state index < -0.39 is 0 Å². The highest BCUT2D eigenvalue weighted by Crippen LogP contribution is 2.19. The average Bonchev–Trinajstić information content (AvgIpc) is 2.21. The number of hydrogen-bond acceptors (Lipinski definition) is 2. The van der Waals surface area contributed by atoms with Crippen molar-refractivity contribution >= 4 is 44.4 Å². The molecule has 0 aliphatic rings. The minimum atomic E-state index is 0.00569. The van der Waals surface area contributed by atoms with Crippen molar-refractivity contribution in [2.24, 2.45) is 5.73 Å². The summed E-state index contributed by atoms with van der Waals surface area (Å²) in [5.74, 6) is 0.00569. The smallest absolute Gasteiger partial charge is 0.254 e. The molecule has 0 bridgehead atoms. The molecule has 0 atom stereocenters. The van der Waals surface area contributed by atoms with Gasteiger partial charge in [0.2, 0.25) is 0 Å². The first kappa shape index (κ1) is 12.9. The van der Waals surface area contributed by atoms with Crippen molar-refractivity contribution in [2.45, 2.75) is 0 Å². The number of likely N-dealkylation sites (N-methyl/N-ethyl adjacent to an activating group) is 1. The van der Waals surface area contributed by atoms with Crippen molar-refractivity contribution in [2.75, 3.05) is 20.1 Å². The number of halogens is 2. The second-order valence-electron chi connectivity index (χ2n) is 3.14. The molecule has 1 aromatic rings. The summed E-state index contributed by atoms with van der Waals surface area (Å²) in [6, 6.07) is 5.66. The van der Waals surface area contributed by atoms with E-state index in [1.165, 1.54) is 0 Å². The topological polar surface area (TPSA) is 46.3 Å². The Morgan fingerprint density at radius 1 is 1.60 bits per heavy atom. The summed E-state index contributed by atoms with van der Waals surface area (Å²) in [5, 5.41) is 0. The Bertz CT molecular complexity index is 370. The van der Waals surface area contributed by atoms with Gasteiger partial charge in [-0.2, -0.15) is 0 Å². The van der Waals surface area contributed by atoms with Crippen LogP contribution in [0.4, 0.5) is 0 Å². The molecule has 0 fully saturated rings. The van der Waals surface area contributed by atoms with E-state index in [9.17, 15) is 4.79 Å². The zero-order chi connectivity index (χ0) is 11.4. The number of benzene rings is 1. The van der Waals surface area contributed by atoms with E-state index in [0.717, 1.165) is 8.04 Å². The van der Waals surface area contributed by atoms with E-state index in [-0.39, 0.29) is 5.91 Å². The number of amides is 1. The number of carbonyl (C=O) groups is 1. The Labute approximate surface area is 111 Å². The summed E-state index contributed by atoms with van der Waals surface area (Å²) in [4.78, 5) is 13.6. The van der Waals surface area contributed by atoms with Crippen LogP contribution in [0.25, 0.3) is 0 Å². The highest BCUT2D eigenvalue weighted by atomic mass is 127. The Hall–Kier alpha value is -0.140. The normalized spacial score (nSPS) is 10.1. The first-order valence-electron chi connectivity index (χ1n) is 4.47. The Morgan fingerprint density at radius 2 is 2.27 bits per heavy atom. The van der Waals surface area contributed by atoms with Gasteiger partial charge in [-0.3, -0.25) is 4.79 Å². The van der Waals surface area contributed by atoms with E-state index >= 15 is 0 Å². The van der Waals surface area contributed by atoms with Gasteiger partial charge in [0.25, 0.3) is 5.91 Å². The van der Waals surface area contributed by atoms with Crippen LogP contribution < -0.4 is 5.73 Å². The molecule has 0 aliphatic heterocycles. The molecule has 1 aromatic carbocycles. The molecule has 0 aromatic heterocycles. The quantitative estimate of drug-likeness (QED) is 0.813. The van der Waals surface area contributed by atoms with Crippen LogP contribution in [-0.2, 0) is 0 Å². The number of hydrogen-bond donors (Lipinski definition) is 1.